The molecule has 132 valence electrons. The highest BCUT2D eigenvalue weighted by Gasteiger charge is 2.12. The van der Waals surface area contributed by atoms with Crippen molar-refractivity contribution < 1.29 is 19.0 Å². The van der Waals surface area contributed by atoms with Gasteiger partial charge in [-0.1, -0.05) is 0 Å². The van der Waals surface area contributed by atoms with Crippen LogP contribution in [0, 0.1) is 0 Å². The average molecular weight is 343 g/mol. The molecule has 0 bridgehead atoms. The van der Waals surface area contributed by atoms with Gasteiger partial charge in [-0.05, 0) is 24.6 Å². The first-order valence-corrected chi connectivity index (χ1v) is 8.15. The molecule has 3 rings (SSSR count). The molecule has 1 aliphatic rings. The van der Waals surface area contributed by atoms with Crippen LogP contribution in [0.25, 0.3) is 0 Å². The minimum absolute atomic E-state index is 0.158. The Morgan fingerprint density at radius 1 is 1.16 bits per heavy atom. The van der Waals surface area contributed by atoms with Crippen molar-refractivity contribution in [2.75, 3.05) is 38.8 Å². The number of carbonyl (C=O) groups is 1. The first-order valence-electron chi connectivity index (χ1n) is 8.15. The molecule has 1 amide bonds. The lowest BCUT2D eigenvalue weighted by Crippen LogP contribution is -2.25. The van der Waals surface area contributed by atoms with Crippen molar-refractivity contribution in [1.29, 1.82) is 0 Å². The summed E-state index contributed by atoms with van der Waals surface area (Å²) in [5.41, 5.74) is 2.06. The van der Waals surface area contributed by atoms with E-state index in [0.717, 1.165) is 23.5 Å². The molecule has 2 aromatic rings. The van der Waals surface area contributed by atoms with Crippen LogP contribution in [-0.2, 0) is 4.74 Å². The van der Waals surface area contributed by atoms with Crippen molar-refractivity contribution in [3.05, 3.63) is 42.2 Å². The van der Waals surface area contributed by atoms with Crippen LogP contribution in [0.15, 0.2) is 36.7 Å². The average Bonchev–Trinajstić information content (AvgIpc) is 2.65. The summed E-state index contributed by atoms with van der Waals surface area (Å²) < 4.78 is 16.0. The predicted molar refractivity (Wildman–Crippen MR) is 93.8 cm³/mol. The number of aromatic nitrogens is 1. The smallest absolute Gasteiger partial charge is 0.252 e. The van der Waals surface area contributed by atoms with Crippen molar-refractivity contribution in [3.63, 3.8) is 0 Å². The third kappa shape index (κ3) is 4.60. The Bertz CT molecular complexity index is 736. The zero-order valence-electron chi connectivity index (χ0n) is 14.1. The molecule has 1 aliphatic heterocycles. The highest BCUT2D eigenvalue weighted by molar-refractivity contribution is 5.94. The molecule has 0 unspecified atom stereocenters. The third-order valence-corrected chi connectivity index (χ3v) is 3.64. The van der Waals surface area contributed by atoms with Crippen molar-refractivity contribution in [1.82, 2.24) is 10.3 Å². The highest BCUT2D eigenvalue weighted by atomic mass is 16.6. The minimum Gasteiger partial charge on any atom is -0.486 e. The van der Waals surface area contributed by atoms with Crippen LogP contribution in [0.5, 0.6) is 11.5 Å². The van der Waals surface area contributed by atoms with Crippen LogP contribution in [0.4, 0.5) is 11.4 Å². The van der Waals surface area contributed by atoms with E-state index in [0.29, 0.717) is 37.7 Å². The molecule has 2 N–H and O–H groups in total. The van der Waals surface area contributed by atoms with E-state index in [1.165, 1.54) is 0 Å². The molecular formula is C18H21N3O4. The zero-order valence-corrected chi connectivity index (χ0v) is 14.1. The molecule has 25 heavy (non-hydrogen) atoms. The highest BCUT2D eigenvalue weighted by Crippen LogP contribution is 2.33. The molecule has 0 fully saturated rings. The van der Waals surface area contributed by atoms with Gasteiger partial charge in [0.15, 0.2) is 11.5 Å². The number of pyridine rings is 1. The Labute approximate surface area is 146 Å². The Balaban J connectivity index is 1.64. The molecular weight excluding hydrogens is 322 g/mol. The fourth-order valence-corrected chi connectivity index (χ4v) is 2.44. The molecule has 0 saturated heterocycles. The number of carbonyl (C=O) groups excluding carboxylic acids is 1. The quantitative estimate of drug-likeness (QED) is 0.751. The standard InChI is InChI=1S/C18H21N3O4/c1-23-6-2-5-20-18(22)13-9-15(12-19-11-13)21-14-3-4-16-17(10-14)25-8-7-24-16/h3-4,9-12,21H,2,5-8H2,1H3,(H,20,22). The van der Waals surface area contributed by atoms with Gasteiger partial charge in [0.2, 0.25) is 0 Å². The molecule has 0 radical (unpaired) electrons. The summed E-state index contributed by atoms with van der Waals surface area (Å²) in [5, 5.41) is 6.07. The number of rotatable bonds is 7. The van der Waals surface area contributed by atoms with Gasteiger partial charge >= 0.3 is 0 Å². The van der Waals surface area contributed by atoms with Gasteiger partial charge in [-0.2, -0.15) is 0 Å². The number of hydrogen-bond donors (Lipinski definition) is 2. The summed E-state index contributed by atoms with van der Waals surface area (Å²) in [6.45, 7) is 2.28. The summed E-state index contributed by atoms with van der Waals surface area (Å²) in [6, 6.07) is 7.38. The number of methoxy groups -OCH3 is 1. The second-order valence-electron chi connectivity index (χ2n) is 5.55. The zero-order chi connectivity index (χ0) is 17.5. The second-order valence-corrected chi connectivity index (χ2v) is 5.55. The van der Waals surface area contributed by atoms with Crippen LogP contribution < -0.4 is 20.1 Å². The topological polar surface area (TPSA) is 81.7 Å². The normalized spacial score (nSPS) is 12.5. The Kier molecular flexibility index (Phi) is 5.69. The van der Waals surface area contributed by atoms with E-state index in [1.54, 1.807) is 25.6 Å². The maximum absolute atomic E-state index is 12.1. The monoisotopic (exact) mass is 343 g/mol. The molecule has 0 atom stereocenters. The minimum atomic E-state index is -0.158. The Hall–Kier alpha value is -2.80. The van der Waals surface area contributed by atoms with Crippen LogP contribution in [0.1, 0.15) is 16.8 Å². The van der Waals surface area contributed by atoms with Gasteiger partial charge in [0.25, 0.3) is 5.91 Å². The molecule has 0 spiro atoms. The number of nitrogens with one attached hydrogen (secondary N) is 2. The van der Waals surface area contributed by atoms with Crippen LogP contribution in [-0.4, -0.2) is 44.4 Å². The van der Waals surface area contributed by atoms with E-state index in [9.17, 15) is 4.79 Å². The summed E-state index contributed by atoms with van der Waals surface area (Å²) in [5.74, 6) is 1.28. The summed E-state index contributed by atoms with van der Waals surface area (Å²) in [6.07, 6.45) is 3.98. The SMILES string of the molecule is COCCCNC(=O)c1cncc(Nc2ccc3c(c2)OCCO3)c1. The van der Waals surface area contributed by atoms with Crippen LogP contribution in [0.2, 0.25) is 0 Å². The Morgan fingerprint density at radius 3 is 2.84 bits per heavy atom. The maximum atomic E-state index is 12.1. The molecule has 7 heteroatoms. The third-order valence-electron chi connectivity index (χ3n) is 3.64. The van der Waals surface area contributed by atoms with E-state index < -0.39 is 0 Å². The molecule has 1 aromatic heterocycles. The van der Waals surface area contributed by atoms with Crippen LogP contribution in [0.3, 0.4) is 0 Å². The number of anilines is 2. The van der Waals surface area contributed by atoms with Crippen molar-refractivity contribution >= 4 is 17.3 Å². The summed E-state index contributed by atoms with van der Waals surface area (Å²) >= 11 is 0. The van der Waals surface area contributed by atoms with Crippen molar-refractivity contribution in [2.45, 2.75) is 6.42 Å². The van der Waals surface area contributed by atoms with E-state index >= 15 is 0 Å². The summed E-state index contributed by atoms with van der Waals surface area (Å²) in [4.78, 5) is 16.3. The molecule has 2 heterocycles. The van der Waals surface area contributed by atoms with Gasteiger partial charge in [-0.25, -0.2) is 0 Å². The second kappa shape index (κ2) is 8.34. The van der Waals surface area contributed by atoms with Gasteiger partial charge in [0.05, 0.1) is 17.4 Å². The van der Waals surface area contributed by atoms with Crippen molar-refractivity contribution in [3.8, 4) is 11.5 Å². The molecule has 0 saturated carbocycles. The fourth-order valence-electron chi connectivity index (χ4n) is 2.44. The number of benzene rings is 1. The Morgan fingerprint density at radius 2 is 2.00 bits per heavy atom. The van der Waals surface area contributed by atoms with E-state index in [-0.39, 0.29) is 5.91 Å². The van der Waals surface area contributed by atoms with E-state index in [4.69, 9.17) is 14.2 Å². The lowest BCUT2D eigenvalue weighted by molar-refractivity contribution is 0.0948. The molecule has 0 aliphatic carbocycles. The lowest BCUT2D eigenvalue weighted by atomic mass is 10.2. The first-order chi connectivity index (χ1) is 12.3. The number of fused-ring (bicyclic) bond motifs is 1. The largest absolute Gasteiger partial charge is 0.486 e. The van der Waals surface area contributed by atoms with Gasteiger partial charge < -0.3 is 24.8 Å². The number of ether oxygens (including phenoxy) is 3. The number of amides is 1. The van der Waals surface area contributed by atoms with Crippen LogP contribution >= 0.6 is 0 Å². The predicted octanol–water partition coefficient (Wildman–Crippen LogP) is 2.36. The first kappa shape index (κ1) is 17.0. The summed E-state index contributed by atoms with van der Waals surface area (Å²) in [7, 11) is 1.64. The lowest BCUT2D eigenvalue weighted by Gasteiger charge is -2.19. The van der Waals surface area contributed by atoms with Gasteiger partial charge in [0, 0.05) is 38.2 Å². The number of hydrogen-bond acceptors (Lipinski definition) is 6. The van der Waals surface area contributed by atoms with Crippen molar-refractivity contribution in [2.24, 2.45) is 0 Å². The van der Waals surface area contributed by atoms with Gasteiger partial charge in [-0.3, -0.25) is 9.78 Å². The molecule has 7 nitrogen and oxygen atoms in total. The van der Waals surface area contributed by atoms with Gasteiger partial charge in [-0.15, -0.1) is 0 Å². The number of nitrogens with zero attached hydrogens (tertiary/aromatic N) is 1. The maximum Gasteiger partial charge on any atom is 0.252 e. The fraction of sp³-hybridized carbons (Fsp3) is 0.333. The van der Waals surface area contributed by atoms with E-state index in [2.05, 4.69) is 15.6 Å². The van der Waals surface area contributed by atoms with E-state index in [1.807, 2.05) is 18.2 Å². The van der Waals surface area contributed by atoms with Gasteiger partial charge in [0.1, 0.15) is 13.2 Å². The molecule has 1 aromatic carbocycles.